The van der Waals surface area contributed by atoms with Crippen LogP contribution in [0.1, 0.15) is 5.56 Å². The van der Waals surface area contributed by atoms with Gasteiger partial charge in [0.25, 0.3) is 10.0 Å². The fourth-order valence-electron chi connectivity index (χ4n) is 3.63. The number of nitrogens with one attached hydrogen (secondary N) is 1. The van der Waals surface area contributed by atoms with Crippen molar-refractivity contribution in [1.82, 2.24) is 9.88 Å². The normalized spacial score (nSPS) is 11.6. The Morgan fingerprint density at radius 3 is 2.23 bits per heavy atom. The van der Waals surface area contributed by atoms with Gasteiger partial charge in [0.1, 0.15) is 17.3 Å². The minimum absolute atomic E-state index is 0.158. The second kappa shape index (κ2) is 10.3. The molecular formula is C27H30N4O3S. The smallest absolute Gasteiger partial charge is 0.261 e. The molecule has 0 saturated heterocycles. The first-order valence-corrected chi connectivity index (χ1v) is 12.8. The number of pyridine rings is 1. The number of aryl methyl sites for hydroxylation is 1. The molecule has 0 fully saturated rings. The van der Waals surface area contributed by atoms with Gasteiger partial charge in [-0.1, -0.05) is 18.2 Å². The van der Waals surface area contributed by atoms with E-state index in [0.29, 0.717) is 17.2 Å². The Hall–Kier alpha value is -3.62. The summed E-state index contributed by atoms with van der Waals surface area (Å²) in [5, 5.41) is 0.904. The van der Waals surface area contributed by atoms with Crippen molar-refractivity contribution in [1.29, 1.82) is 0 Å². The highest BCUT2D eigenvalue weighted by Crippen LogP contribution is 2.27. The minimum Gasteiger partial charge on any atom is -0.457 e. The standard InChI is InChI=1S/C27H30N4O3S/c1-20-18-27(31(4)17-16-30(2)3)28-26-15-10-21(19-25(20)26)29-35(32,33)24-13-11-23(12-14-24)34-22-8-6-5-7-9-22/h5-15,18-19,29H,16-17H2,1-4H3. The number of ether oxygens (including phenoxy) is 1. The zero-order chi connectivity index (χ0) is 25.0. The van der Waals surface area contributed by atoms with Gasteiger partial charge in [-0.3, -0.25) is 4.72 Å². The molecule has 3 aromatic carbocycles. The van der Waals surface area contributed by atoms with Crippen LogP contribution in [-0.2, 0) is 10.0 Å². The molecule has 0 spiro atoms. The Morgan fingerprint density at radius 2 is 1.54 bits per heavy atom. The molecule has 0 unspecified atom stereocenters. The van der Waals surface area contributed by atoms with Crippen LogP contribution in [0.5, 0.6) is 11.5 Å². The van der Waals surface area contributed by atoms with Gasteiger partial charge >= 0.3 is 0 Å². The highest BCUT2D eigenvalue weighted by molar-refractivity contribution is 7.92. The monoisotopic (exact) mass is 490 g/mol. The lowest BCUT2D eigenvalue weighted by atomic mass is 10.1. The van der Waals surface area contributed by atoms with E-state index in [4.69, 9.17) is 9.72 Å². The lowest BCUT2D eigenvalue weighted by Crippen LogP contribution is -2.29. The van der Waals surface area contributed by atoms with E-state index in [0.717, 1.165) is 35.4 Å². The predicted octanol–water partition coefficient (Wildman–Crippen LogP) is 5.13. The van der Waals surface area contributed by atoms with Gasteiger partial charge in [-0.25, -0.2) is 13.4 Å². The van der Waals surface area contributed by atoms with Crippen LogP contribution in [0, 0.1) is 6.92 Å². The number of likely N-dealkylation sites (N-methyl/N-ethyl adjacent to an activating group) is 2. The summed E-state index contributed by atoms with van der Waals surface area (Å²) in [6, 6.07) is 23.1. The van der Waals surface area contributed by atoms with Crippen molar-refractivity contribution in [3.63, 3.8) is 0 Å². The third-order valence-corrected chi connectivity index (χ3v) is 7.04. The molecule has 1 heterocycles. The second-order valence-electron chi connectivity index (χ2n) is 8.75. The lowest BCUT2D eigenvalue weighted by Gasteiger charge is -2.21. The Morgan fingerprint density at radius 1 is 0.857 bits per heavy atom. The molecule has 4 aromatic rings. The average molecular weight is 491 g/mol. The van der Waals surface area contributed by atoms with E-state index in [9.17, 15) is 8.42 Å². The van der Waals surface area contributed by atoms with Gasteiger partial charge in [-0.05, 0) is 87.2 Å². The van der Waals surface area contributed by atoms with Gasteiger partial charge < -0.3 is 14.5 Å². The van der Waals surface area contributed by atoms with E-state index in [1.807, 2.05) is 76.6 Å². The minimum atomic E-state index is -3.76. The summed E-state index contributed by atoms with van der Waals surface area (Å²) in [5.41, 5.74) is 2.34. The second-order valence-corrected chi connectivity index (χ2v) is 10.4. The molecule has 0 amide bonds. The van der Waals surface area contributed by atoms with Gasteiger partial charge in [-0.15, -0.1) is 0 Å². The van der Waals surface area contributed by atoms with E-state index in [1.165, 1.54) is 12.1 Å². The molecule has 8 heteroatoms. The molecule has 0 saturated carbocycles. The fourth-order valence-corrected chi connectivity index (χ4v) is 4.68. The van der Waals surface area contributed by atoms with Gasteiger partial charge in [0.05, 0.1) is 10.4 Å². The number of rotatable bonds is 9. The van der Waals surface area contributed by atoms with E-state index < -0.39 is 10.0 Å². The zero-order valence-corrected chi connectivity index (χ0v) is 21.2. The summed E-state index contributed by atoms with van der Waals surface area (Å²) in [6.45, 7) is 3.80. The summed E-state index contributed by atoms with van der Waals surface area (Å²) in [5.74, 6) is 2.14. The number of hydrogen-bond acceptors (Lipinski definition) is 6. The molecule has 0 aliphatic heterocycles. The van der Waals surface area contributed by atoms with Crippen LogP contribution in [0.25, 0.3) is 10.9 Å². The van der Waals surface area contributed by atoms with Crippen LogP contribution in [0.2, 0.25) is 0 Å². The third kappa shape index (κ3) is 6.09. The molecule has 1 N–H and O–H groups in total. The Bertz CT molecular complexity index is 1410. The third-order valence-electron chi connectivity index (χ3n) is 5.64. The van der Waals surface area contributed by atoms with Crippen molar-refractivity contribution in [3.05, 3.63) is 84.4 Å². The predicted molar refractivity (Wildman–Crippen MR) is 142 cm³/mol. The summed E-state index contributed by atoms with van der Waals surface area (Å²) < 4.78 is 34.4. The molecule has 4 rings (SSSR count). The Kier molecular flexibility index (Phi) is 7.23. The number of aromatic nitrogens is 1. The van der Waals surface area contributed by atoms with Crippen molar-refractivity contribution in [2.24, 2.45) is 0 Å². The van der Waals surface area contributed by atoms with Crippen molar-refractivity contribution in [2.75, 3.05) is 43.9 Å². The van der Waals surface area contributed by atoms with Gasteiger partial charge in [0, 0.05) is 31.2 Å². The molecule has 182 valence electrons. The maximum absolute atomic E-state index is 13.0. The van der Waals surface area contributed by atoms with E-state index in [-0.39, 0.29) is 4.90 Å². The molecule has 1 aromatic heterocycles. The quantitative estimate of drug-likeness (QED) is 0.350. The first kappa shape index (κ1) is 24.5. The molecular weight excluding hydrogens is 460 g/mol. The number of benzene rings is 3. The van der Waals surface area contributed by atoms with Gasteiger partial charge in [0.2, 0.25) is 0 Å². The Labute approximate surface area is 207 Å². The number of sulfonamides is 1. The SMILES string of the molecule is Cc1cc(N(C)CCN(C)C)nc2ccc(NS(=O)(=O)c3ccc(Oc4ccccc4)cc3)cc12. The maximum Gasteiger partial charge on any atom is 0.261 e. The first-order chi connectivity index (χ1) is 16.7. The Balaban J connectivity index is 1.51. The number of hydrogen-bond donors (Lipinski definition) is 1. The largest absolute Gasteiger partial charge is 0.457 e. The van der Waals surface area contributed by atoms with Crippen molar-refractivity contribution >= 4 is 32.4 Å². The van der Waals surface area contributed by atoms with Crippen molar-refractivity contribution in [3.8, 4) is 11.5 Å². The fraction of sp³-hybridized carbons (Fsp3) is 0.222. The summed E-state index contributed by atoms with van der Waals surface area (Å²) in [6.07, 6.45) is 0. The molecule has 0 aliphatic rings. The van der Waals surface area contributed by atoms with E-state index in [2.05, 4.69) is 14.5 Å². The van der Waals surface area contributed by atoms with Crippen molar-refractivity contribution < 1.29 is 13.2 Å². The highest BCUT2D eigenvalue weighted by atomic mass is 32.2. The molecule has 7 nitrogen and oxygen atoms in total. The van der Waals surface area contributed by atoms with Crippen LogP contribution in [0.3, 0.4) is 0 Å². The summed E-state index contributed by atoms with van der Waals surface area (Å²) >= 11 is 0. The summed E-state index contributed by atoms with van der Waals surface area (Å²) in [7, 11) is 2.35. The summed E-state index contributed by atoms with van der Waals surface area (Å²) in [4.78, 5) is 9.18. The van der Waals surface area contributed by atoms with E-state index in [1.54, 1.807) is 18.2 Å². The maximum atomic E-state index is 13.0. The van der Waals surface area contributed by atoms with Gasteiger partial charge in [0.15, 0.2) is 0 Å². The molecule has 0 aliphatic carbocycles. The lowest BCUT2D eigenvalue weighted by molar-refractivity contribution is 0.416. The molecule has 35 heavy (non-hydrogen) atoms. The number of nitrogens with zero attached hydrogens (tertiary/aromatic N) is 3. The molecule has 0 bridgehead atoms. The zero-order valence-electron chi connectivity index (χ0n) is 20.4. The van der Waals surface area contributed by atoms with Crippen LogP contribution in [0.4, 0.5) is 11.5 Å². The van der Waals surface area contributed by atoms with Crippen molar-refractivity contribution in [2.45, 2.75) is 11.8 Å². The number of para-hydroxylation sites is 1. The van der Waals surface area contributed by atoms with E-state index >= 15 is 0 Å². The highest BCUT2D eigenvalue weighted by Gasteiger charge is 2.16. The molecule has 0 radical (unpaired) electrons. The average Bonchev–Trinajstić information content (AvgIpc) is 2.83. The number of fused-ring (bicyclic) bond motifs is 1. The van der Waals surface area contributed by atoms with Crippen LogP contribution < -0.4 is 14.4 Å². The number of anilines is 2. The topological polar surface area (TPSA) is 74.8 Å². The van der Waals surface area contributed by atoms with Crippen LogP contribution in [0.15, 0.2) is 83.8 Å². The van der Waals surface area contributed by atoms with Crippen LogP contribution >= 0.6 is 0 Å². The van der Waals surface area contributed by atoms with Crippen LogP contribution in [-0.4, -0.2) is 52.5 Å². The molecule has 0 atom stereocenters. The first-order valence-electron chi connectivity index (χ1n) is 11.3. The van der Waals surface area contributed by atoms with Gasteiger partial charge in [-0.2, -0.15) is 0 Å².